The second kappa shape index (κ2) is 10.5. The number of nitrogens with one attached hydrogen (secondary N) is 1. The summed E-state index contributed by atoms with van der Waals surface area (Å²) in [5.41, 5.74) is 2.77. The van der Waals surface area contributed by atoms with E-state index in [2.05, 4.69) is 5.32 Å². The Labute approximate surface area is 176 Å². The normalized spacial score (nSPS) is 11.8. The first-order valence-corrected chi connectivity index (χ1v) is 10.1. The fraction of sp³-hybridized carbons (Fsp3) is 0.364. The van der Waals surface area contributed by atoms with Crippen molar-refractivity contribution in [2.45, 2.75) is 46.2 Å². The lowest BCUT2D eigenvalue weighted by Crippen LogP contribution is -2.48. The van der Waals surface area contributed by atoms with Crippen LogP contribution in [-0.4, -0.2) is 29.3 Å². The number of benzene rings is 2. The summed E-state index contributed by atoms with van der Waals surface area (Å²) in [7, 11) is 0. The van der Waals surface area contributed by atoms with Crippen LogP contribution in [0.15, 0.2) is 42.5 Å². The van der Waals surface area contributed by atoms with Crippen LogP contribution >= 0.6 is 23.2 Å². The summed E-state index contributed by atoms with van der Waals surface area (Å²) < 4.78 is 0. The summed E-state index contributed by atoms with van der Waals surface area (Å²) in [6.07, 6.45) is 0.942. The zero-order valence-electron chi connectivity index (χ0n) is 16.5. The molecule has 4 nitrogen and oxygen atoms in total. The first-order valence-electron chi connectivity index (χ1n) is 9.39. The van der Waals surface area contributed by atoms with Crippen LogP contribution in [0.2, 0.25) is 10.0 Å². The Morgan fingerprint density at radius 3 is 2.46 bits per heavy atom. The van der Waals surface area contributed by atoms with Gasteiger partial charge in [0.1, 0.15) is 6.04 Å². The number of rotatable bonds is 8. The molecule has 0 aliphatic rings. The SMILES string of the molecule is CCCNC(=O)[C@H](C)N(Cc1ccccc1C)C(=O)Cc1ccc(Cl)cc1Cl. The quantitative estimate of drug-likeness (QED) is 0.667. The summed E-state index contributed by atoms with van der Waals surface area (Å²) in [4.78, 5) is 27.3. The fourth-order valence-electron chi connectivity index (χ4n) is 2.88. The number of amides is 2. The van der Waals surface area contributed by atoms with Crippen molar-refractivity contribution in [1.82, 2.24) is 10.2 Å². The largest absolute Gasteiger partial charge is 0.354 e. The summed E-state index contributed by atoms with van der Waals surface area (Å²) in [6.45, 7) is 6.68. The third kappa shape index (κ3) is 5.98. The van der Waals surface area contributed by atoms with Gasteiger partial charge in [0.15, 0.2) is 0 Å². The van der Waals surface area contributed by atoms with Crippen molar-refractivity contribution < 1.29 is 9.59 Å². The lowest BCUT2D eigenvalue weighted by molar-refractivity contribution is -0.140. The molecular formula is C22H26Cl2N2O2. The van der Waals surface area contributed by atoms with Crippen LogP contribution in [0.3, 0.4) is 0 Å². The maximum Gasteiger partial charge on any atom is 0.242 e. The van der Waals surface area contributed by atoms with Crippen molar-refractivity contribution in [3.63, 3.8) is 0 Å². The minimum atomic E-state index is -0.593. The number of hydrogen-bond acceptors (Lipinski definition) is 2. The van der Waals surface area contributed by atoms with Gasteiger partial charge in [0.2, 0.25) is 11.8 Å². The minimum Gasteiger partial charge on any atom is -0.354 e. The molecule has 6 heteroatoms. The molecule has 1 atom stereocenters. The van der Waals surface area contributed by atoms with Gasteiger partial charge >= 0.3 is 0 Å². The van der Waals surface area contributed by atoms with Crippen molar-refractivity contribution in [2.75, 3.05) is 6.54 Å². The molecule has 28 heavy (non-hydrogen) atoms. The van der Waals surface area contributed by atoms with E-state index in [1.807, 2.05) is 38.1 Å². The van der Waals surface area contributed by atoms with Crippen molar-refractivity contribution in [2.24, 2.45) is 0 Å². The van der Waals surface area contributed by atoms with Gasteiger partial charge in [0.25, 0.3) is 0 Å². The maximum absolute atomic E-state index is 13.1. The number of carbonyl (C=O) groups is 2. The van der Waals surface area contributed by atoms with E-state index in [0.717, 1.165) is 17.5 Å². The lowest BCUT2D eigenvalue weighted by atomic mass is 10.1. The first kappa shape index (κ1) is 22.3. The standard InChI is InChI=1S/C22H26Cl2N2O2/c1-4-11-25-22(28)16(3)26(14-18-8-6-5-7-15(18)2)21(27)12-17-9-10-19(23)13-20(17)24/h5-10,13,16H,4,11-12,14H2,1-3H3,(H,25,28)/t16-/m0/s1. The number of carbonyl (C=O) groups excluding carboxylic acids is 2. The van der Waals surface area contributed by atoms with Crippen LogP contribution in [0.1, 0.15) is 37.0 Å². The van der Waals surface area contributed by atoms with Crippen molar-refractivity contribution >= 4 is 35.0 Å². The van der Waals surface area contributed by atoms with Gasteiger partial charge < -0.3 is 10.2 Å². The Balaban J connectivity index is 2.26. The molecule has 150 valence electrons. The van der Waals surface area contributed by atoms with Gasteiger partial charge in [-0.25, -0.2) is 0 Å². The van der Waals surface area contributed by atoms with Crippen LogP contribution < -0.4 is 5.32 Å². The number of aryl methyl sites for hydroxylation is 1. The van der Waals surface area contributed by atoms with Crippen LogP contribution in [0, 0.1) is 6.92 Å². The van der Waals surface area contributed by atoms with Gasteiger partial charge in [-0.1, -0.05) is 60.5 Å². The van der Waals surface area contributed by atoms with E-state index in [4.69, 9.17) is 23.2 Å². The molecule has 0 heterocycles. The van der Waals surface area contributed by atoms with E-state index in [9.17, 15) is 9.59 Å². The third-order valence-electron chi connectivity index (χ3n) is 4.68. The molecule has 2 amide bonds. The maximum atomic E-state index is 13.1. The smallest absolute Gasteiger partial charge is 0.242 e. The highest BCUT2D eigenvalue weighted by Gasteiger charge is 2.26. The summed E-state index contributed by atoms with van der Waals surface area (Å²) in [5.74, 6) is -0.322. The molecule has 2 aromatic carbocycles. The Hall–Kier alpha value is -2.04. The average Bonchev–Trinajstić information content (AvgIpc) is 2.67. The highest BCUT2D eigenvalue weighted by atomic mass is 35.5. The minimum absolute atomic E-state index is 0.104. The molecule has 0 aromatic heterocycles. The lowest BCUT2D eigenvalue weighted by Gasteiger charge is -2.29. The topological polar surface area (TPSA) is 49.4 Å². The molecule has 0 aliphatic heterocycles. The average molecular weight is 421 g/mol. The van der Waals surface area contributed by atoms with Gasteiger partial charge in [0, 0.05) is 23.1 Å². The third-order valence-corrected chi connectivity index (χ3v) is 5.26. The molecule has 0 saturated carbocycles. The molecule has 2 aromatic rings. The summed E-state index contributed by atoms with van der Waals surface area (Å²) >= 11 is 12.2. The van der Waals surface area contributed by atoms with Gasteiger partial charge in [-0.2, -0.15) is 0 Å². The van der Waals surface area contributed by atoms with E-state index in [1.54, 1.807) is 30.0 Å². The molecule has 0 spiro atoms. The number of nitrogens with zero attached hydrogens (tertiary/aromatic N) is 1. The first-order chi connectivity index (χ1) is 13.3. The number of hydrogen-bond donors (Lipinski definition) is 1. The van der Waals surface area contributed by atoms with E-state index in [1.165, 1.54) is 0 Å². The van der Waals surface area contributed by atoms with Crippen LogP contribution in [0.25, 0.3) is 0 Å². The Morgan fingerprint density at radius 2 is 1.82 bits per heavy atom. The molecule has 0 saturated heterocycles. The van der Waals surface area contributed by atoms with Gasteiger partial charge in [0.05, 0.1) is 6.42 Å². The number of halogens is 2. The molecule has 1 N–H and O–H groups in total. The monoisotopic (exact) mass is 420 g/mol. The van der Waals surface area contributed by atoms with Gasteiger partial charge in [-0.3, -0.25) is 9.59 Å². The predicted octanol–water partition coefficient (Wildman–Crippen LogP) is 4.79. The summed E-state index contributed by atoms with van der Waals surface area (Å²) in [6, 6.07) is 12.3. The Morgan fingerprint density at radius 1 is 1.11 bits per heavy atom. The Bertz CT molecular complexity index is 839. The molecule has 0 bridgehead atoms. The zero-order valence-corrected chi connectivity index (χ0v) is 18.0. The molecule has 0 fully saturated rings. The second-order valence-electron chi connectivity index (χ2n) is 6.83. The summed E-state index contributed by atoms with van der Waals surface area (Å²) in [5, 5.41) is 3.84. The molecule has 2 rings (SSSR count). The van der Waals surface area contributed by atoms with Crippen LogP contribution in [-0.2, 0) is 22.6 Å². The van der Waals surface area contributed by atoms with E-state index in [-0.39, 0.29) is 18.2 Å². The van der Waals surface area contributed by atoms with Crippen LogP contribution in [0.4, 0.5) is 0 Å². The second-order valence-corrected chi connectivity index (χ2v) is 7.67. The predicted molar refractivity (Wildman–Crippen MR) is 115 cm³/mol. The zero-order chi connectivity index (χ0) is 20.7. The molecular weight excluding hydrogens is 395 g/mol. The molecule has 0 unspecified atom stereocenters. The van der Waals surface area contributed by atoms with Crippen LogP contribution in [0.5, 0.6) is 0 Å². The van der Waals surface area contributed by atoms with E-state index >= 15 is 0 Å². The van der Waals surface area contributed by atoms with Crippen molar-refractivity contribution in [3.8, 4) is 0 Å². The molecule has 0 radical (unpaired) electrons. The fourth-order valence-corrected chi connectivity index (χ4v) is 3.35. The van der Waals surface area contributed by atoms with Gasteiger partial charge in [-0.05, 0) is 49.1 Å². The molecule has 0 aliphatic carbocycles. The van der Waals surface area contributed by atoms with E-state index < -0.39 is 6.04 Å². The highest BCUT2D eigenvalue weighted by Crippen LogP contribution is 2.23. The van der Waals surface area contributed by atoms with E-state index in [0.29, 0.717) is 28.7 Å². The van der Waals surface area contributed by atoms with Gasteiger partial charge in [-0.15, -0.1) is 0 Å². The highest BCUT2D eigenvalue weighted by molar-refractivity contribution is 6.35. The van der Waals surface area contributed by atoms with Crippen molar-refractivity contribution in [1.29, 1.82) is 0 Å². The van der Waals surface area contributed by atoms with Crippen molar-refractivity contribution in [3.05, 3.63) is 69.2 Å². The Kier molecular flexibility index (Phi) is 8.34.